The lowest BCUT2D eigenvalue weighted by Crippen LogP contribution is -2.03. The van der Waals surface area contributed by atoms with Crippen LogP contribution in [-0.2, 0) is 6.42 Å². The summed E-state index contributed by atoms with van der Waals surface area (Å²) in [5.41, 5.74) is 5.95. The van der Waals surface area contributed by atoms with Gasteiger partial charge >= 0.3 is 0 Å². The van der Waals surface area contributed by atoms with Gasteiger partial charge in [0.1, 0.15) is 5.69 Å². The Bertz CT molecular complexity index is 368. The molecule has 5 nitrogen and oxygen atoms in total. The summed E-state index contributed by atoms with van der Waals surface area (Å²) in [6.07, 6.45) is 0.230. The fourth-order valence-corrected chi connectivity index (χ4v) is 1.49. The van der Waals surface area contributed by atoms with Crippen molar-refractivity contribution < 1.29 is 10.0 Å². The number of aliphatic hydroxyl groups is 1. The van der Waals surface area contributed by atoms with Crippen LogP contribution >= 0.6 is 15.9 Å². The van der Waals surface area contributed by atoms with E-state index in [1.54, 1.807) is 12.1 Å². The Morgan fingerprint density at radius 2 is 2.21 bits per heavy atom. The van der Waals surface area contributed by atoms with Crippen molar-refractivity contribution >= 4 is 27.3 Å². The minimum absolute atomic E-state index is 0.0981. The van der Waals surface area contributed by atoms with Crippen LogP contribution in [0.3, 0.4) is 0 Å². The summed E-state index contributed by atoms with van der Waals surface area (Å²) in [5.74, 6) is 0. The molecule has 0 unspecified atom stereocenters. The zero-order valence-electron chi connectivity index (χ0n) is 7.24. The Morgan fingerprint density at radius 3 is 2.71 bits per heavy atom. The van der Waals surface area contributed by atoms with Gasteiger partial charge in [-0.2, -0.15) is 0 Å². The molecule has 0 radical (unpaired) electrons. The summed E-state index contributed by atoms with van der Waals surface area (Å²) in [6, 6.07) is 3.21. The highest BCUT2D eigenvalue weighted by Crippen LogP contribution is 2.33. The third kappa shape index (κ3) is 2.02. The molecule has 0 saturated heterocycles. The molecule has 0 aliphatic rings. The topological polar surface area (TPSA) is 89.4 Å². The van der Waals surface area contributed by atoms with Crippen molar-refractivity contribution in [1.82, 2.24) is 0 Å². The number of rotatable bonds is 3. The Balaban J connectivity index is 3.30. The molecule has 0 atom stereocenters. The van der Waals surface area contributed by atoms with Gasteiger partial charge in [0.15, 0.2) is 0 Å². The average molecular weight is 261 g/mol. The van der Waals surface area contributed by atoms with Gasteiger partial charge in [-0.15, -0.1) is 0 Å². The van der Waals surface area contributed by atoms with Crippen molar-refractivity contribution in [2.45, 2.75) is 6.42 Å². The molecule has 14 heavy (non-hydrogen) atoms. The van der Waals surface area contributed by atoms with Gasteiger partial charge in [-0.05, 0) is 22.0 Å². The number of nitrogens with zero attached hydrogens (tertiary/aromatic N) is 1. The van der Waals surface area contributed by atoms with Crippen molar-refractivity contribution in [3.63, 3.8) is 0 Å². The van der Waals surface area contributed by atoms with E-state index in [-0.39, 0.29) is 24.4 Å². The highest BCUT2D eigenvalue weighted by molar-refractivity contribution is 9.10. The smallest absolute Gasteiger partial charge is 0.296 e. The van der Waals surface area contributed by atoms with Gasteiger partial charge < -0.3 is 10.8 Å². The van der Waals surface area contributed by atoms with E-state index in [4.69, 9.17) is 10.8 Å². The Hall–Kier alpha value is -1.14. The van der Waals surface area contributed by atoms with Gasteiger partial charge in [0, 0.05) is 23.1 Å². The van der Waals surface area contributed by atoms with E-state index in [0.29, 0.717) is 10.0 Å². The quantitative estimate of drug-likeness (QED) is 0.489. The van der Waals surface area contributed by atoms with Crippen LogP contribution < -0.4 is 5.73 Å². The maximum atomic E-state index is 10.7. The van der Waals surface area contributed by atoms with E-state index < -0.39 is 4.92 Å². The molecule has 76 valence electrons. The molecular formula is C8H9BrN2O3. The first kappa shape index (κ1) is 10.9. The van der Waals surface area contributed by atoms with Crippen LogP contribution in [0, 0.1) is 10.1 Å². The minimum Gasteiger partial charge on any atom is -0.396 e. The highest BCUT2D eigenvalue weighted by atomic mass is 79.9. The molecule has 0 aliphatic carbocycles. The summed E-state index contributed by atoms with van der Waals surface area (Å²) >= 11 is 3.11. The van der Waals surface area contributed by atoms with Crippen molar-refractivity contribution in [2.75, 3.05) is 12.3 Å². The largest absolute Gasteiger partial charge is 0.396 e. The predicted molar refractivity (Wildman–Crippen MR) is 56.0 cm³/mol. The van der Waals surface area contributed by atoms with Crippen LogP contribution in [0.4, 0.5) is 11.4 Å². The highest BCUT2D eigenvalue weighted by Gasteiger charge is 2.19. The first-order valence-electron chi connectivity index (χ1n) is 3.90. The molecule has 0 bridgehead atoms. The first-order chi connectivity index (χ1) is 6.57. The third-order valence-corrected chi connectivity index (χ3v) is 2.50. The van der Waals surface area contributed by atoms with Crippen LogP contribution in [0.2, 0.25) is 0 Å². The summed E-state index contributed by atoms with van der Waals surface area (Å²) in [5, 5.41) is 19.4. The molecule has 1 rings (SSSR count). The van der Waals surface area contributed by atoms with Crippen LogP contribution in [0.25, 0.3) is 0 Å². The molecule has 3 N–H and O–H groups in total. The molecule has 0 aromatic heterocycles. The monoisotopic (exact) mass is 260 g/mol. The normalized spacial score (nSPS) is 10.1. The molecule has 0 amide bonds. The molecule has 6 heteroatoms. The molecule has 1 aromatic carbocycles. The van der Waals surface area contributed by atoms with Crippen molar-refractivity contribution in [1.29, 1.82) is 0 Å². The number of hydrogen-bond acceptors (Lipinski definition) is 4. The van der Waals surface area contributed by atoms with Gasteiger partial charge in [-0.25, -0.2) is 0 Å². The fourth-order valence-electron chi connectivity index (χ4n) is 1.17. The lowest BCUT2D eigenvalue weighted by Gasteiger charge is -2.05. The number of aliphatic hydroxyl groups excluding tert-OH is 1. The van der Waals surface area contributed by atoms with E-state index in [1.807, 2.05) is 0 Å². The summed E-state index contributed by atoms with van der Waals surface area (Å²) in [7, 11) is 0. The second-order valence-corrected chi connectivity index (χ2v) is 3.55. The van der Waals surface area contributed by atoms with Crippen molar-refractivity contribution in [3.8, 4) is 0 Å². The molecule has 0 fully saturated rings. The second kappa shape index (κ2) is 4.39. The average Bonchev–Trinajstić information content (AvgIpc) is 2.11. The second-order valence-electron chi connectivity index (χ2n) is 2.70. The Kier molecular flexibility index (Phi) is 3.43. The number of nitro groups is 1. The molecule has 1 aromatic rings. The molecule has 0 aliphatic heterocycles. The maximum absolute atomic E-state index is 10.7. The molecule has 0 spiro atoms. The minimum atomic E-state index is -0.537. The molecule has 0 heterocycles. The van der Waals surface area contributed by atoms with Crippen LogP contribution in [-0.4, -0.2) is 16.6 Å². The third-order valence-electron chi connectivity index (χ3n) is 1.81. The zero-order chi connectivity index (χ0) is 10.7. The predicted octanol–water partition coefficient (Wildman–Crippen LogP) is 1.47. The number of halogens is 1. The van der Waals surface area contributed by atoms with Gasteiger partial charge in [0.25, 0.3) is 5.69 Å². The van der Waals surface area contributed by atoms with E-state index in [9.17, 15) is 10.1 Å². The summed E-state index contributed by atoms with van der Waals surface area (Å²) in [6.45, 7) is -0.137. The summed E-state index contributed by atoms with van der Waals surface area (Å²) < 4.78 is 0.492. The lowest BCUT2D eigenvalue weighted by atomic mass is 10.1. The van der Waals surface area contributed by atoms with Crippen LogP contribution in [0.5, 0.6) is 0 Å². The Labute approximate surface area is 88.8 Å². The molecular weight excluding hydrogens is 252 g/mol. The van der Waals surface area contributed by atoms with Gasteiger partial charge in [-0.3, -0.25) is 10.1 Å². The number of anilines is 1. The lowest BCUT2D eigenvalue weighted by molar-refractivity contribution is -0.384. The van der Waals surface area contributed by atoms with E-state index in [2.05, 4.69) is 15.9 Å². The van der Waals surface area contributed by atoms with Crippen LogP contribution in [0.15, 0.2) is 16.6 Å². The number of nitrogens with two attached hydrogens (primary N) is 1. The Morgan fingerprint density at radius 1 is 1.57 bits per heavy atom. The van der Waals surface area contributed by atoms with E-state index in [0.717, 1.165) is 0 Å². The first-order valence-corrected chi connectivity index (χ1v) is 4.69. The number of benzene rings is 1. The standard InChI is InChI=1S/C8H9BrN2O3/c9-6-2-1-5(3-4-12)8(7(6)10)11(13)14/h1-2,12H,3-4,10H2. The van der Waals surface area contributed by atoms with Gasteiger partial charge in [0.05, 0.1) is 4.92 Å². The number of hydrogen-bond donors (Lipinski definition) is 2. The number of nitro benzene ring substituents is 1. The van der Waals surface area contributed by atoms with Crippen LogP contribution in [0.1, 0.15) is 5.56 Å². The molecule has 0 saturated carbocycles. The van der Waals surface area contributed by atoms with Crippen molar-refractivity contribution in [2.24, 2.45) is 0 Å². The van der Waals surface area contributed by atoms with E-state index in [1.165, 1.54) is 0 Å². The maximum Gasteiger partial charge on any atom is 0.296 e. The van der Waals surface area contributed by atoms with Gasteiger partial charge in [-0.1, -0.05) is 6.07 Å². The van der Waals surface area contributed by atoms with E-state index >= 15 is 0 Å². The fraction of sp³-hybridized carbons (Fsp3) is 0.250. The zero-order valence-corrected chi connectivity index (χ0v) is 8.82. The van der Waals surface area contributed by atoms with Crippen molar-refractivity contribution in [3.05, 3.63) is 32.3 Å². The number of nitrogen functional groups attached to an aromatic ring is 1. The SMILES string of the molecule is Nc1c(Br)ccc(CCO)c1[N+](=O)[O-]. The van der Waals surface area contributed by atoms with Gasteiger partial charge in [0.2, 0.25) is 0 Å². The summed E-state index contributed by atoms with van der Waals surface area (Å²) in [4.78, 5) is 10.2.